The fourth-order valence-corrected chi connectivity index (χ4v) is 2.44. The third-order valence-corrected chi connectivity index (χ3v) is 3.88. The van der Waals surface area contributed by atoms with Crippen molar-refractivity contribution in [1.29, 1.82) is 0 Å². The molecule has 4 nitrogen and oxygen atoms in total. The van der Waals surface area contributed by atoms with Crippen LogP contribution in [0.25, 0.3) is 0 Å². The van der Waals surface area contributed by atoms with E-state index in [1.165, 1.54) is 44.9 Å². The van der Waals surface area contributed by atoms with E-state index >= 15 is 0 Å². The van der Waals surface area contributed by atoms with Crippen molar-refractivity contribution in [2.45, 2.75) is 96.5 Å². The predicted octanol–water partition coefficient (Wildman–Crippen LogP) is 5.58. The molecule has 4 heteroatoms. The molecule has 0 aromatic rings. The van der Waals surface area contributed by atoms with Gasteiger partial charge in [0.2, 0.25) is 0 Å². The minimum atomic E-state index is -1.10. The molecule has 0 saturated carbocycles. The van der Waals surface area contributed by atoms with E-state index in [9.17, 15) is 4.79 Å². The second-order valence-electron chi connectivity index (χ2n) is 5.95. The van der Waals surface area contributed by atoms with Crippen molar-refractivity contribution in [3.8, 4) is 0 Å². The fraction of sp³-hybridized carbons (Fsp3) is 0.833. The molecule has 2 N–H and O–H groups in total. The quantitative estimate of drug-likeness (QED) is 0.169. The Morgan fingerprint density at radius 1 is 0.909 bits per heavy atom. The van der Waals surface area contributed by atoms with Crippen LogP contribution in [0.5, 0.6) is 0 Å². The number of unbranched alkanes of at least 4 members (excludes halogenated alkanes) is 10. The summed E-state index contributed by atoms with van der Waals surface area (Å²) in [7, 11) is 0. The van der Waals surface area contributed by atoms with Gasteiger partial charge in [-0.2, -0.15) is 0 Å². The van der Waals surface area contributed by atoms with Crippen molar-refractivity contribution < 1.29 is 20.0 Å². The Morgan fingerprint density at radius 3 is 1.91 bits per heavy atom. The molecular formula is C18H34O4. The predicted molar refractivity (Wildman–Crippen MR) is 90.0 cm³/mol. The van der Waals surface area contributed by atoms with Crippen LogP contribution < -0.4 is 0 Å². The minimum Gasteiger partial charge on any atom is -0.479 e. The average molecular weight is 314 g/mol. The zero-order chi connectivity index (χ0) is 16.5. The van der Waals surface area contributed by atoms with Gasteiger partial charge in [0.1, 0.15) is 0 Å². The first kappa shape index (κ1) is 21.1. The van der Waals surface area contributed by atoms with Crippen LogP contribution in [0, 0.1) is 0 Å². The molecule has 0 spiro atoms. The lowest BCUT2D eigenvalue weighted by molar-refractivity contribution is -0.277. The lowest BCUT2D eigenvalue weighted by Crippen LogP contribution is -2.22. The SMILES string of the molecule is CCCCCCCCC=CCCCCCCC(OO)C(=O)O. The second-order valence-corrected chi connectivity index (χ2v) is 5.95. The van der Waals surface area contributed by atoms with Crippen LogP contribution in [0.3, 0.4) is 0 Å². The van der Waals surface area contributed by atoms with Crippen LogP contribution >= 0.6 is 0 Å². The molecule has 1 atom stereocenters. The maximum atomic E-state index is 10.6. The molecule has 0 aromatic heterocycles. The molecular weight excluding hydrogens is 280 g/mol. The maximum Gasteiger partial charge on any atom is 0.336 e. The number of carboxylic acid groups (broad SMARTS) is 1. The maximum absolute atomic E-state index is 10.6. The first-order valence-electron chi connectivity index (χ1n) is 8.90. The van der Waals surface area contributed by atoms with Gasteiger partial charge in [-0.25, -0.2) is 9.68 Å². The van der Waals surface area contributed by atoms with Crippen LogP contribution in [0.4, 0.5) is 0 Å². The number of aliphatic carboxylic acids is 1. The van der Waals surface area contributed by atoms with E-state index in [0.717, 1.165) is 32.1 Å². The summed E-state index contributed by atoms with van der Waals surface area (Å²) in [6, 6.07) is 0. The summed E-state index contributed by atoms with van der Waals surface area (Å²) < 4.78 is 0. The average Bonchev–Trinajstić information content (AvgIpc) is 2.51. The smallest absolute Gasteiger partial charge is 0.336 e. The first-order chi connectivity index (χ1) is 10.7. The van der Waals surface area contributed by atoms with E-state index in [1.807, 2.05) is 0 Å². The van der Waals surface area contributed by atoms with Gasteiger partial charge in [0, 0.05) is 0 Å². The minimum absolute atomic E-state index is 0.375. The van der Waals surface area contributed by atoms with E-state index in [-0.39, 0.29) is 0 Å². The lowest BCUT2D eigenvalue weighted by Gasteiger charge is -2.07. The number of rotatable bonds is 16. The highest BCUT2D eigenvalue weighted by molar-refractivity contribution is 5.72. The van der Waals surface area contributed by atoms with Gasteiger partial charge in [-0.15, -0.1) is 0 Å². The van der Waals surface area contributed by atoms with Gasteiger partial charge in [0.25, 0.3) is 0 Å². The van der Waals surface area contributed by atoms with Crippen LogP contribution in [-0.4, -0.2) is 22.4 Å². The molecule has 0 heterocycles. The lowest BCUT2D eigenvalue weighted by atomic mass is 10.1. The van der Waals surface area contributed by atoms with Crippen LogP contribution in [-0.2, 0) is 9.68 Å². The molecule has 0 amide bonds. The summed E-state index contributed by atoms with van der Waals surface area (Å²) in [6.45, 7) is 2.24. The third-order valence-electron chi connectivity index (χ3n) is 3.88. The third kappa shape index (κ3) is 14.1. The molecule has 22 heavy (non-hydrogen) atoms. The van der Waals surface area contributed by atoms with E-state index in [1.54, 1.807) is 0 Å². The Bertz CT molecular complexity index is 276. The Labute approximate surface area is 135 Å². The van der Waals surface area contributed by atoms with Gasteiger partial charge in [-0.3, -0.25) is 5.26 Å². The fourth-order valence-electron chi connectivity index (χ4n) is 2.44. The highest BCUT2D eigenvalue weighted by atomic mass is 17.1. The summed E-state index contributed by atoms with van der Waals surface area (Å²) in [5.41, 5.74) is 0. The first-order valence-corrected chi connectivity index (χ1v) is 8.90. The number of hydrogen-bond donors (Lipinski definition) is 2. The molecule has 0 aromatic carbocycles. The van der Waals surface area contributed by atoms with E-state index in [4.69, 9.17) is 10.4 Å². The van der Waals surface area contributed by atoms with Crippen LogP contribution in [0.2, 0.25) is 0 Å². The van der Waals surface area contributed by atoms with Crippen molar-refractivity contribution in [3.05, 3.63) is 12.2 Å². The van der Waals surface area contributed by atoms with Crippen molar-refractivity contribution in [2.24, 2.45) is 0 Å². The normalized spacial score (nSPS) is 12.8. The summed E-state index contributed by atoms with van der Waals surface area (Å²) in [5.74, 6) is -1.10. The van der Waals surface area contributed by atoms with Crippen molar-refractivity contribution in [3.63, 3.8) is 0 Å². The van der Waals surface area contributed by atoms with Crippen molar-refractivity contribution in [1.82, 2.24) is 0 Å². The molecule has 0 fully saturated rings. The summed E-state index contributed by atoms with van der Waals surface area (Å²) in [6.07, 6.45) is 18.2. The number of carboxylic acids is 1. The van der Waals surface area contributed by atoms with Crippen molar-refractivity contribution >= 4 is 5.97 Å². The van der Waals surface area contributed by atoms with Gasteiger partial charge in [0.05, 0.1) is 0 Å². The Kier molecular flexibility index (Phi) is 15.8. The molecule has 0 aliphatic rings. The monoisotopic (exact) mass is 314 g/mol. The highest BCUT2D eigenvalue weighted by Gasteiger charge is 2.16. The molecule has 0 aliphatic heterocycles. The van der Waals surface area contributed by atoms with Crippen molar-refractivity contribution in [2.75, 3.05) is 0 Å². The van der Waals surface area contributed by atoms with Gasteiger partial charge in [0.15, 0.2) is 6.10 Å². The Hall–Kier alpha value is -0.870. The summed E-state index contributed by atoms with van der Waals surface area (Å²) >= 11 is 0. The van der Waals surface area contributed by atoms with Crippen LogP contribution in [0.15, 0.2) is 12.2 Å². The zero-order valence-electron chi connectivity index (χ0n) is 14.1. The molecule has 130 valence electrons. The molecule has 0 aliphatic carbocycles. The zero-order valence-corrected chi connectivity index (χ0v) is 14.1. The highest BCUT2D eigenvalue weighted by Crippen LogP contribution is 2.11. The molecule has 0 bridgehead atoms. The van der Waals surface area contributed by atoms with E-state index in [2.05, 4.69) is 24.0 Å². The standard InChI is InChI=1S/C18H34O4/c1-2-3-4-5-6-7-8-9-10-11-12-13-14-15-16-17(22-21)18(19)20/h9-10,17,21H,2-8,11-16H2,1H3,(H,19,20). The second kappa shape index (κ2) is 16.5. The van der Waals surface area contributed by atoms with Gasteiger partial charge in [-0.05, 0) is 32.1 Å². The molecule has 1 unspecified atom stereocenters. The van der Waals surface area contributed by atoms with Gasteiger partial charge in [-0.1, -0.05) is 70.4 Å². The molecule has 0 rings (SSSR count). The summed E-state index contributed by atoms with van der Waals surface area (Å²) in [5, 5.41) is 17.1. The van der Waals surface area contributed by atoms with Gasteiger partial charge < -0.3 is 5.11 Å². The van der Waals surface area contributed by atoms with E-state index < -0.39 is 12.1 Å². The largest absolute Gasteiger partial charge is 0.479 e. The topological polar surface area (TPSA) is 66.8 Å². The number of carbonyl (C=O) groups is 1. The van der Waals surface area contributed by atoms with E-state index in [0.29, 0.717) is 6.42 Å². The number of hydrogen-bond acceptors (Lipinski definition) is 3. The van der Waals surface area contributed by atoms with Crippen LogP contribution in [0.1, 0.15) is 90.4 Å². The Morgan fingerprint density at radius 2 is 1.41 bits per heavy atom. The van der Waals surface area contributed by atoms with Gasteiger partial charge >= 0.3 is 5.97 Å². The molecule has 0 saturated heterocycles. The summed E-state index contributed by atoms with van der Waals surface area (Å²) in [4.78, 5) is 14.5. The molecule has 0 radical (unpaired) electrons. The number of allylic oxidation sites excluding steroid dienone is 2. The Balaban J connectivity index is 3.25.